The van der Waals surface area contributed by atoms with Crippen molar-refractivity contribution in [3.8, 4) is 0 Å². The fourth-order valence-electron chi connectivity index (χ4n) is 2.13. The van der Waals surface area contributed by atoms with Gasteiger partial charge in [-0.15, -0.1) is 0 Å². The Morgan fingerprint density at radius 2 is 1.88 bits per heavy atom. The van der Waals surface area contributed by atoms with Crippen LogP contribution in [0.1, 0.15) is 40.0 Å². The van der Waals surface area contributed by atoms with Gasteiger partial charge in [-0.2, -0.15) is 0 Å². The number of likely N-dealkylation sites (tertiary alicyclic amines) is 1. The summed E-state index contributed by atoms with van der Waals surface area (Å²) in [6.45, 7) is 9.39. The van der Waals surface area contributed by atoms with E-state index in [-0.39, 0.29) is 24.7 Å². The molecule has 1 heterocycles. The molecule has 1 amide bonds. The maximum absolute atomic E-state index is 11.5. The van der Waals surface area contributed by atoms with Gasteiger partial charge in [0.05, 0.1) is 6.10 Å². The lowest BCUT2D eigenvalue weighted by Gasteiger charge is -2.29. The first kappa shape index (κ1) is 14.5. The number of piperidine rings is 1. The summed E-state index contributed by atoms with van der Waals surface area (Å²) in [6, 6.07) is 0.205. The third-order valence-corrected chi connectivity index (χ3v) is 2.94. The molecule has 1 atom stereocenters. The van der Waals surface area contributed by atoms with Crippen LogP contribution in [0, 0.1) is 0 Å². The Kier molecular flexibility index (Phi) is 6.52. The van der Waals surface area contributed by atoms with Crippen molar-refractivity contribution in [3.63, 3.8) is 0 Å². The molecular weight excluding hydrogens is 216 g/mol. The third kappa shape index (κ3) is 6.64. The van der Waals surface area contributed by atoms with E-state index in [2.05, 4.69) is 17.1 Å². The number of nitrogens with one attached hydrogen (secondary N) is 1. The summed E-state index contributed by atoms with van der Waals surface area (Å²) < 4.78 is 5.27. The number of nitrogens with zero attached hydrogens (tertiary/aromatic N) is 1. The number of carbonyl (C=O) groups excluding carboxylic acids is 1. The molecule has 1 aliphatic heterocycles. The smallest absolute Gasteiger partial charge is 0.246 e. The Morgan fingerprint density at radius 3 is 2.47 bits per heavy atom. The SMILES string of the molecule is CC(CN1CCCCC1)NC(=O)COC(C)C. The molecule has 0 aliphatic carbocycles. The molecule has 4 heteroatoms. The molecule has 100 valence electrons. The minimum Gasteiger partial charge on any atom is -0.369 e. The van der Waals surface area contributed by atoms with Gasteiger partial charge in [0.2, 0.25) is 5.91 Å². The van der Waals surface area contributed by atoms with E-state index in [1.165, 1.54) is 32.4 Å². The van der Waals surface area contributed by atoms with E-state index >= 15 is 0 Å². The highest BCUT2D eigenvalue weighted by atomic mass is 16.5. The normalized spacial score (nSPS) is 19.3. The predicted octanol–water partition coefficient (Wildman–Crippen LogP) is 1.40. The molecule has 1 fully saturated rings. The summed E-state index contributed by atoms with van der Waals surface area (Å²) in [4.78, 5) is 14.0. The Hall–Kier alpha value is -0.610. The molecule has 0 aromatic heterocycles. The van der Waals surface area contributed by atoms with Crippen LogP contribution >= 0.6 is 0 Å². The van der Waals surface area contributed by atoms with Gasteiger partial charge in [-0.25, -0.2) is 0 Å². The zero-order chi connectivity index (χ0) is 12.7. The van der Waals surface area contributed by atoms with Crippen LogP contribution in [0.3, 0.4) is 0 Å². The minimum absolute atomic E-state index is 0.0109. The molecule has 1 unspecified atom stereocenters. The maximum Gasteiger partial charge on any atom is 0.246 e. The molecule has 17 heavy (non-hydrogen) atoms. The lowest BCUT2D eigenvalue weighted by molar-refractivity contribution is -0.127. The maximum atomic E-state index is 11.5. The van der Waals surface area contributed by atoms with Gasteiger partial charge in [0, 0.05) is 12.6 Å². The van der Waals surface area contributed by atoms with Crippen LogP contribution in [0.4, 0.5) is 0 Å². The molecule has 0 saturated carbocycles. The van der Waals surface area contributed by atoms with E-state index in [9.17, 15) is 4.79 Å². The van der Waals surface area contributed by atoms with Gasteiger partial charge in [-0.1, -0.05) is 6.42 Å². The number of rotatable bonds is 6. The second kappa shape index (κ2) is 7.67. The first-order valence-electron chi connectivity index (χ1n) is 6.71. The second-order valence-corrected chi connectivity index (χ2v) is 5.19. The third-order valence-electron chi connectivity index (χ3n) is 2.94. The molecule has 1 aliphatic rings. The van der Waals surface area contributed by atoms with Gasteiger partial charge in [0.25, 0.3) is 0 Å². The van der Waals surface area contributed by atoms with Gasteiger partial charge in [-0.3, -0.25) is 4.79 Å². The molecule has 1 rings (SSSR count). The largest absolute Gasteiger partial charge is 0.369 e. The first-order valence-corrected chi connectivity index (χ1v) is 6.71. The van der Waals surface area contributed by atoms with Crippen LogP contribution in [0.2, 0.25) is 0 Å². The number of amides is 1. The fraction of sp³-hybridized carbons (Fsp3) is 0.923. The van der Waals surface area contributed by atoms with Crippen molar-refractivity contribution in [2.24, 2.45) is 0 Å². The summed E-state index contributed by atoms with van der Waals surface area (Å²) in [5.74, 6) is -0.0109. The summed E-state index contributed by atoms with van der Waals surface area (Å²) in [5, 5.41) is 2.98. The van der Waals surface area contributed by atoms with Crippen LogP contribution < -0.4 is 5.32 Å². The van der Waals surface area contributed by atoms with Crippen molar-refractivity contribution >= 4 is 5.91 Å². The summed E-state index contributed by atoms with van der Waals surface area (Å²) >= 11 is 0. The second-order valence-electron chi connectivity index (χ2n) is 5.19. The minimum atomic E-state index is -0.0109. The molecule has 0 bridgehead atoms. The monoisotopic (exact) mass is 242 g/mol. The number of hydrogen-bond donors (Lipinski definition) is 1. The zero-order valence-corrected chi connectivity index (χ0v) is 11.4. The van der Waals surface area contributed by atoms with E-state index in [0.29, 0.717) is 0 Å². The van der Waals surface area contributed by atoms with E-state index < -0.39 is 0 Å². The van der Waals surface area contributed by atoms with E-state index in [0.717, 1.165) is 6.54 Å². The molecule has 0 aromatic rings. The van der Waals surface area contributed by atoms with E-state index in [4.69, 9.17) is 4.74 Å². The van der Waals surface area contributed by atoms with E-state index in [1.807, 2.05) is 13.8 Å². The average molecular weight is 242 g/mol. The van der Waals surface area contributed by atoms with Gasteiger partial charge < -0.3 is 15.0 Å². The van der Waals surface area contributed by atoms with Crippen LogP contribution in [-0.2, 0) is 9.53 Å². The predicted molar refractivity (Wildman–Crippen MR) is 69.0 cm³/mol. The number of ether oxygens (including phenoxy) is 1. The molecule has 1 N–H and O–H groups in total. The van der Waals surface area contributed by atoms with Crippen LogP contribution in [0.25, 0.3) is 0 Å². The van der Waals surface area contributed by atoms with Gasteiger partial charge in [0.1, 0.15) is 6.61 Å². The topological polar surface area (TPSA) is 41.6 Å². The lowest BCUT2D eigenvalue weighted by atomic mass is 10.1. The van der Waals surface area contributed by atoms with Gasteiger partial charge in [0.15, 0.2) is 0 Å². The van der Waals surface area contributed by atoms with Crippen molar-refractivity contribution in [1.29, 1.82) is 0 Å². The fourth-order valence-corrected chi connectivity index (χ4v) is 2.13. The van der Waals surface area contributed by atoms with Gasteiger partial charge in [-0.05, 0) is 46.7 Å². The Morgan fingerprint density at radius 1 is 1.24 bits per heavy atom. The number of carbonyl (C=O) groups is 1. The molecule has 0 spiro atoms. The molecular formula is C13H26N2O2. The lowest BCUT2D eigenvalue weighted by Crippen LogP contribution is -2.44. The standard InChI is InChI=1S/C13H26N2O2/c1-11(2)17-10-13(16)14-12(3)9-15-7-5-4-6-8-15/h11-12H,4-10H2,1-3H3,(H,14,16). The molecule has 4 nitrogen and oxygen atoms in total. The number of hydrogen-bond acceptors (Lipinski definition) is 3. The summed E-state index contributed by atoms with van der Waals surface area (Å²) in [7, 11) is 0. The Labute approximate surface area is 105 Å². The zero-order valence-electron chi connectivity index (χ0n) is 11.4. The van der Waals surface area contributed by atoms with Crippen molar-refractivity contribution in [2.75, 3.05) is 26.2 Å². The van der Waals surface area contributed by atoms with Crippen molar-refractivity contribution in [1.82, 2.24) is 10.2 Å². The molecule has 1 saturated heterocycles. The quantitative estimate of drug-likeness (QED) is 0.765. The van der Waals surface area contributed by atoms with Crippen LogP contribution in [0.5, 0.6) is 0 Å². The van der Waals surface area contributed by atoms with Crippen LogP contribution in [0.15, 0.2) is 0 Å². The first-order chi connectivity index (χ1) is 8.08. The summed E-state index contributed by atoms with van der Waals surface area (Å²) in [6.07, 6.45) is 4.03. The molecule has 0 radical (unpaired) electrons. The molecule has 0 aromatic carbocycles. The van der Waals surface area contributed by atoms with Crippen molar-refractivity contribution in [3.05, 3.63) is 0 Å². The average Bonchev–Trinajstić information content (AvgIpc) is 2.27. The van der Waals surface area contributed by atoms with Crippen molar-refractivity contribution < 1.29 is 9.53 Å². The Balaban J connectivity index is 2.14. The van der Waals surface area contributed by atoms with E-state index in [1.54, 1.807) is 0 Å². The highest BCUT2D eigenvalue weighted by Crippen LogP contribution is 2.08. The Bertz CT molecular complexity index is 225. The highest BCUT2D eigenvalue weighted by Gasteiger charge is 2.14. The van der Waals surface area contributed by atoms with Crippen LogP contribution in [-0.4, -0.2) is 49.2 Å². The van der Waals surface area contributed by atoms with Gasteiger partial charge >= 0.3 is 0 Å². The summed E-state index contributed by atoms with van der Waals surface area (Å²) in [5.41, 5.74) is 0. The highest BCUT2D eigenvalue weighted by molar-refractivity contribution is 5.77. The van der Waals surface area contributed by atoms with Crippen molar-refractivity contribution in [2.45, 2.75) is 52.2 Å².